The van der Waals surface area contributed by atoms with Gasteiger partial charge in [-0.05, 0) is 43.7 Å². The summed E-state index contributed by atoms with van der Waals surface area (Å²) in [5.41, 5.74) is 2.99. The van der Waals surface area contributed by atoms with Crippen molar-refractivity contribution in [3.05, 3.63) is 70.1 Å². The summed E-state index contributed by atoms with van der Waals surface area (Å²) < 4.78 is 4.16. The molecular weight excluding hydrogens is 445 g/mol. The number of ketones is 1. The minimum atomic E-state index is -0.267. The lowest BCUT2D eigenvalue weighted by Gasteiger charge is -2.09. The van der Waals surface area contributed by atoms with E-state index in [1.807, 2.05) is 22.9 Å². The van der Waals surface area contributed by atoms with E-state index in [0.29, 0.717) is 21.3 Å². The van der Waals surface area contributed by atoms with E-state index in [4.69, 9.17) is 23.2 Å². The number of carbonyl (C=O) groups excluding carboxylic acids is 1. The van der Waals surface area contributed by atoms with Crippen LogP contribution in [0.1, 0.15) is 29.5 Å². The first kappa shape index (κ1) is 22.3. The van der Waals surface area contributed by atoms with Crippen molar-refractivity contribution in [1.82, 2.24) is 4.57 Å². The van der Waals surface area contributed by atoms with Crippen LogP contribution < -0.4 is 9.67 Å². The zero-order valence-electron chi connectivity index (χ0n) is 16.3. The number of imidazole rings is 1. The SMILES string of the molecule is CC(=O)c1cccc(N=C([O-])C[n+]2cc(-c3ccc(Cl)c(Cl)c3)n3c2CCC3)c1.Cl. The summed E-state index contributed by atoms with van der Waals surface area (Å²) in [4.78, 5) is 15.7. The van der Waals surface area contributed by atoms with Gasteiger partial charge in [0.25, 0.3) is 5.82 Å². The van der Waals surface area contributed by atoms with Gasteiger partial charge in [0.05, 0.1) is 28.7 Å². The number of nitrogens with zero attached hydrogens (tertiary/aromatic N) is 3. The minimum absolute atomic E-state index is 0. The number of Topliss-reactive ketones (excluding diaryl/α,β-unsaturated/α-hetero) is 1. The molecule has 8 heteroatoms. The number of aliphatic imine (C=N–C) groups is 1. The van der Waals surface area contributed by atoms with Crippen molar-refractivity contribution in [2.75, 3.05) is 0 Å². The van der Waals surface area contributed by atoms with E-state index in [9.17, 15) is 9.90 Å². The smallest absolute Gasteiger partial charge is 0.257 e. The van der Waals surface area contributed by atoms with Gasteiger partial charge in [-0.1, -0.05) is 35.3 Å². The Bertz CT molecular complexity index is 1140. The van der Waals surface area contributed by atoms with Gasteiger partial charge >= 0.3 is 0 Å². The van der Waals surface area contributed by atoms with Gasteiger partial charge in [-0.2, -0.15) is 0 Å². The van der Waals surface area contributed by atoms with E-state index in [1.54, 1.807) is 30.3 Å². The monoisotopic (exact) mass is 463 g/mol. The molecule has 1 aliphatic heterocycles. The zero-order chi connectivity index (χ0) is 20.5. The van der Waals surface area contributed by atoms with Gasteiger partial charge in [0.2, 0.25) is 0 Å². The highest BCUT2D eigenvalue weighted by molar-refractivity contribution is 6.42. The van der Waals surface area contributed by atoms with Crippen LogP contribution in [-0.4, -0.2) is 16.2 Å². The molecule has 0 fully saturated rings. The molecule has 0 saturated carbocycles. The fourth-order valence-corrected chi connectivity index (χ4v) is 3.95. The summed E-state index contributed by atoms with van der Waals surface area (Å²) in [6.07, 6.45) is 3.89. The molecule has 30 heavy (non-hydrogen) atoms. The Hall–Kier alpha value is -2.34. The third kappa shape index (κ3) is 4.53. The fourth-order valence-electron chi connectivity index (χ4n) is 3.65. The normalized spacial score (nSPS) is 13.1. The molecule has 4 rings (SSSR count). The van der Waals surface area contributed by atoms with Gasteiger partial charge in [0.1, 0.15) is 12.7 Å². The van der Waals surface area contributed by atoms with Crippen LogP contribution in [0, 0.1) is 0 Å². The fraction of sp³-hybridized carbons (Fsp3) is 0.227. The van der Waals surface area contributed by atoms with Crippen LogP contribution in [0.4, 0.5) is 5.69 Å². The van der Waals surface area contributed by atoms with E-state index in [1.165, 1.54) is 6.92 Å². The number of benzene rings is 2. The largest absolute Gasteiger partial charge is 0.859 e. The molecule has 0 N–H and O–H groups in total. The van der Waals surface area contributed by atoms with Gasteiger partial charge in [0.15, 0.2) is 11.5 Å². The van der Waals surface area contributed by atoms with Gasteiger partial charge in [-0.15, -0.1) is 12.4 Å². The Labute approximate surface area is 191 Å². The van der Waals surface area contributed by atoms with Crippen LogP contribution in [0.2, 0.25) is 10.0 Å². The van der Waals surface area contributed by atoms with Crippen molar-refractivity contribution in [3.8, 4) is 11.3 Å². The second kappa shape index (κ2) is 9.21. The van der Waals surface area contributed by atoms with Crippen LogP contribution in [-0.2, 0) is 19.5 Å². The van der Waals surface area contributed by atoms with Crippen molar-refractivity contribution in [2.45, 2.75) is 32.9 Å². The van der Waals surface area contributed by atoms with Crippen molar-refractivity contribution in [2.24, 2.45) is 4.99 Å². The molecule has 0 atom stereocenters. The zero-order valence-corrected chi connectivity index (χ0v) is 18.6. The van der Waals surface area contributed by atoms with Crippen molar-refractivity contribution < 1.29 is 14.5 Å². The standard InChI is InChI=1S/C22H19Cl2N3O2.ClH/c1-14(28)15-4-2-5-17(10-15)25-21(29)13-26-12-20(27-9-3-6-22(26)27)16-7-8-18(23)19(24)11-16;/h2,4-5,7-8,10-12H,3,6,9,13H2,1H3;1H. The van der Waals surface area contributed by atoms with Gasteiger partial charge in [-0.3, -0.25) is 9.79 Å². The maximum Gasteiger partial charge on any atom is 0.257 e. The van der Waals surface area contributed by atoms with E-state index in [-0.39, 0.29) is 30.6 Å². The van der Waals surface area contributed by atoms with Crippen LogP contribution in [0.5, 0.6) is 0 Å². The minimum Gasteiger partial charge on any atom is -0.859 e. The molecule has 3 aromatic rings. The number of rotatable bonds is 5. The second-order valence-corrected chi connectivity index (χ2v) is 7.87. The molecule has 2 heterocycles. The van der Waals surface area contributed by atoms with Crippen LogP contribution in [0.25, 0.3) is 11.3 Å². The number of aromatic nitrogens is 2. The number of fused-ring (bicyclic) bond motifs is 1. The molecule has 1 aromatic heterocycles. The molecule has 156 valence electrons. The molecule has 2 aromatic carbocycles. The Morgan fingerprint density at radius 2 is 2.00 bits per heavy atom. The van der Waals surface area contributed by atoms with Gasteiger partial charge < -0.3 is 5.11 Å². The summed E-state index contributed by atoms with van der Waals surface area (Å²) in [5, 5.41) is 13.6. The van der Waals surface area contributed by atoms with Crippen LogP contribution in [0.15, 0.2) is 53.7 Å². The van der Waals surface area contributed by atoms with Crippen molar-refractivity contribution >= 4 is 53.0 Å². The molecular formula is C22H20Cl3N3O2. The van der Waals surface area contributed by atoms with Crippen molar-refractivity contribution in [1.29, 1.82) is 0 Å². The van der Waals surface area contributed by atoms with Gasteiger partial charge in [-0.25, -0.2) is 9.13 Å². The lowest BCUT2D eigenvalue weighted by molar-refractivity contribution is -0.693. The molecule has 0 bridgehead atoms. The summed E-state index contributed by atoms with van der Waals surface area (Å²) in [6, 6.07) is 12.4. The topological polar surface area (TPSA) is 61.3 Å². The number of carbonyl (C=O) groups is 1. The summed E-state index contributed by atoms with van der Waals surface area (Å²) in [5.74, 6) is 0.768. The highest BCUT2D eigenvalue weighted by Gasteiger charge is 2.28. The molecule has 0 amide bonds. The van der Waals surface area contributed by atoms with E-state index in [0.717, 1.165) is 36.5 Å². The molecule has 0 radical (unpaired) electrons. The van der Waals surface area contributed by atoms with Gasteiger partial charge in [0, 0.05) is 17.0 Å². The maximum atomic E-state index is 12.6. The second-order valence-electron chi connectivity index (χ2n) is 7.05. The average molecular weight is 465 g/mol. The van der Waals surface area contributed by atoms with Crippen molar-refractivity contribution in [3.63, 3.8) is 0 Å². The lowest BCUT2D eigenvalue weighted by Crippen LogP contribution is -2.43. The highest BCUT2D eigenvalue weighted by atomic mass is 35.5. The van der Waals surface area contributed by atoms with E-state index >= 15 is 0 Å². The number of hydrogen-bond donors (Lipinski definition) is 0. The predicted molar refractivity (Wildman–Crippen MR) is 119 cm³/mol. The summed E-state index contributed by atoms with van der Waals surface area (Å²) in [6.45, 7) is 2.52. The molecule has 5 nitrogen and oxygen atoms in total. The molecule has 0 aliphatic carbocycles. The maximum absolute atomic E-state index is 12.6. The summed E-state index contributed by atoms with van der Waals surface area (Å²) in [7, 11) is 0. The Kier molecular flexibility index (Phi) is 6.86. The predicted octanol–water partition coefficient (Wildman–Crippen LogP) is 4.41. The molecule has 0 unspecified atom stereocenters. The first-order valence-electron chi connectivity index (χ1n) is 9.35. The van der Waals surface area contributed by atoms with Crippen LogP contribution >= 0.6 is 35.6 Å². The highest BCUT2D eigenvalue weighted by Crippen LogP contribution is 2.30. The van der Waals surface area contributed by atoms with E-state index < -0.39 is 0 Å². The number of hydrogen-bond acceptors (Lipinski definition) is 3. The lowest BCUT2D eigenvalue weighted by atomic mass is 10.1. The summed E-state index contributed by atoms with van der Waals surface area (Å²) >= 11 is 12.2. The first-order chi connectivity index (χ1) is 13.9. The Morgan fingerprint density at radius 1 is 1.20 bits per heavy atom. The molecule has 1 aliphatic rings. The quantitative estimate of drug-likeness (QED) is 0.243. The first-order valence-corrected chi connectivity index (χ1v) is 10.1. The molecule has 0 spiro atoms. The Balaban J connectivity index is 0.00000256. The third-order valence-corrected chi connectivity index (χ3v) is 5.76. The van der Waals surface area contributed by atoms with Crippen LogP contribution in [0.3, 0.4) is 0 Å². The van der Waals surface area contributed by atoms with E-state index in [2.05, 4.69) is 9.56 Å². The Morgan fingerprint density at radius 3 is 2.73 bits per heavy atom. The third-order valence-electron chi connectivity index (χ3n) is 5.02. The average Bonchev–Trinajstić information content (AvgIpc) is 3.28. The molecule has 0 saturated heterocycles. The number of halogens is 3.